The minimum Gasteiger partial charge on any atom is -0.497 e. The van der Waals surface area contributed by atoms with Gasteiger partial charge in [-0.1, -0.05) is 18.6 Å². The Hall–Kier alpha value is -1.85. The van der Waals surface area contributed by atoms with E-state index >= 15 is 0 Å². The van der Waals surface area contributed by atoms with E-state index in [-0.39, 0.29) is 29.9 Å². The largest absolute Gasteiger partial charge is 0.497 e. The highest BCUT2D eigenvalue weighted by molar-refractivity contribution is 14.0. The topological polar surface area (TPSA) is 97.0 Å². The molecule has 3 N–H and O–H groups in total. The van der Waals surface area contributed by atoms with Crippen molar-refractivity contribution in [2.75, 3.05) is 25.5 Å². The molecular formula is C20H27IN4O3S. The number of nitrogens with two attached hydrogens (primary N) is 1. The molecule has 29 heavy (non-hydrogen) atoms. The second-order valence-electron chi connectivity index (χ2n) is 6.66. The molecule has 3 rings (SSSR count). The van der Waals surface area contributed by atoms with Gasteiger partial charge < -0.3 is 15.8 Å². The molecule has 0 saturated carbocycles. The third kappa shape index (κ3) is 6.31. The summed E-state index contributed by atoms with van der Waals surface area (Å²) in [7, 11) is -1.79. The zero-order chi connectivity index (χ0) is 20.0. The summed E-state index contributed by atoms with van der Waals surface area (Å²) < 4.78 is 32.0. The molecule has 0 aliphatic carbocycles. The van der Waals surface area contributed by atoms with Crippen molar-refractivity contribution in [3.8, 4) is 5.75 Å². The number of piperidine rings is 1. The summed E-state index contributed by atoms with van der Waals surface area (Å²) in [6.45, 7) is 1.56. The highest BCUT2D eigenvalue weighted by atomic mass is 127. The van der Waals surface area contributed by atoms with Crippen LogP contribution in [-0.4, -0.2) is 38.9 Å². The number of nitrogens with zero attached hydrogens (tertiary/aromatic N) is 2. The van der Waals surface area contributed by atoms with Crippen LogP contribution in [0.1, 0.15) is 24.8 Å². The number of aliphatic imine (C=N–C) groups is 1. The Morgan fingerprint density at radius 3 is 2.28 bits per heavy atom. The Kier molecular flexibility index (Phi) is 8.72. The molecule has 9 heteroatoms. The van der Waals surface area contributed by atoms with Gasteiger partial charge >= 0.3 is 0 Å². The number of ether oxygens (including phenoxy) is 1. The molecule has 0 atom stereocenters. The van der Waals surface area contributed by atoms with Crippen LogP contribution >= 0.6 is 24.0 Å². The maximum Gasteiger partial charge on any atom is 0.243 e. The highest BCUT2D eigenvalue weighted by Crippen LogP contribution is 2.21. The minimum absolute atomic E-state index is 0. The summed E-state index contributed by atoms with van der Waals surface area (Å²) in [6.07, 6.45) is 2.94. The molecule has 158 valence electrons. The second-order valence-corrected chi connectivity index (χ2v) is 8.60. The molecule has 1 aliphatic heterocycles. The summed E-state index contributed by atoms with van der Waals surface area (Å²) >= 11 is 0. The Bertz CT molecular complexity index is 910. The fourth-order valence-corrected chi connectivity index (χ4v) is 4.58. The SMILES string of the molecule is COc1ccc(NC(N)=NCc2ccc(S(=O)(=O)N3CCCCC3)cc2)cc1.I. The van der Waals surface area contributed by atoms with Crippen molar-refractivity contribution < 1.29 is 13.2 Å². The van der Waals surface area contributed by atoms with Crippen LogP contribution in [0.25, 0.3) is 0 Å². The summed E-state index contributed by atoms with van der Waals surface area (Å²) in [5, 5.41) is 3.01. The summed E-state index contributed by atoms with van der Waals surface area (Å²) in [5.74, 6) is 1.05. The Balaban J connectivity index is 0.00000300. The van der Waals surface area contributed by atoms with Gasteiger partial charge in [0, 0.05) is 18.8 Å². The molecule has 1 saturated heterocycles. The van der Waals surface area contributed by atoms with Crippen molar-refractivity contribution in [2.45, 2.75) is 30.7 Å². The standard InChI is InChI=1S/C20H26N4O3S.HI/c1-27-18-9-7-17(8-10-18)23-20(21)22-15-16-5-11-19(12-6-16)28(25,26)24-13-3-2-4-14-24;/h5-12H,2-4,13-15H2,1H3,(H3,21,22,23);1H. The monoisotopic (exact) mass is 530 g/mol. The quantitative estimate of drug-likeness (QED) is 0.339. The van der Waals surface area contributed by atoms with Gasteiger partial charge in [0.2, 0.25) is 10.0 Å². The fourth-order valence-electron chi connectivity index (χ4n) is 3.06. The first kappa shape index (κ1) is 23.4. The number of guanidine groups is 1. The molecule has 0 spiro atoms. The van der Waals surface area contributed by atoms with Gasteiger partial charge in [-0.3, -0.25) is 0 Å². The van der Waals surface area contributed by atoms with Gasteiger partial charge in [-0.05, 0) is 54.8 Å². The molecule has 1 aliphatic rings. The first-order valence-corrected chi connectivity index (χ1v) is 10.7. The fraction of sp³-hybridized carbons (Fsp3) is 0.350. The summed E-state index contributed by atoms with van der Waals surface area (Å²) in [5.41, 5.74) is 7.62. The summed E-state index contributed by atoms with van der Waals surface area (Å²) in [6, 6.07) is 14.2. The molecule has 2 aromatic rings. The van der Waals surface area contributed by atoms with E-state index in [1.54, 1.807) is 35.7 Å². The lowest BCUT2D eigenvalue weighted by Crippen LogP contribution is -2.35. The zero-order valence-electron chi connectivity index (χ0n) is 16.4. The number of rotatable bonds is 6. The van der Waals surface area contributed by atoms with Crippen molar-refractivity contribution in [1.82, 2.24) is 4.31 Å². The second kappa shape index (κ2) is 10.8. The number of nitrogens with one attached hydrogen (secondary N) is 1. The third-order valence-electron chi connectivity index (χ3n) is 4.67. The Labute approximate surface area is 189 Å². The minimum atomic E-state index is -3.41. The van der Waals surface area contributed by atoms with Crippen LogP contribution in [0.2, 0.25) is 0 Å². The van der Waals surface area contributed by atoms with Crippen LogP contribution in [-0.2, 0) is 16.6 Å². The Morgan fingerprint density at radius 2 is 1.69 bits per heavy atom. The van der Waals surface area contributed by atoms with Crippen LogP contribution in [0.3, 0.4) is 0 Å². The number of hydrogen-bond acceptors (Lipinski definition) is 4. The zero-order valence-corrected chi connectivity index (χ0v) is 19.5. The van der Waals surface area contributed by atoms with E-state index in [4.69, 9.17) is 10.5 Å². The lowest BCUT2D eigenvalue weighted by atomic mass is 10.2. The number of halogens is 1. The van der Waals surface area contributed by atoms with Crippen LogP contribution in [0.4, 0.5) is 5.69 Å². The van der Waals surface area contributed by atoms with Crippen LogP contribution in [0, 0.1) is 0 Å². The van der Waals surface area contributed by atoms with Gasteiger partial charge in [0.15, 0.2) is 5.96 Å². The molecule has 0 aromatic heterocycles. The lowest BCUT2D eigenvalue weighted by Gasteiger charge is -2.25. The molecule has 2 aromatic carbocycles. The maximum absolute atomic E-state index is 12.7. The summed E-state index contributed by atoms with van der Waals surface area (Å²) in [4.78, 5) is 4.63. The van der Waals surface area contributed by atoms with E-state index in [1.807, 2.05) is 24.3 Å². The molecule has 0 amide bonds. The molecule has 7 nitrogen and oxygen atoms in total. The predicted molar refractivity (Wildman–Crippen MR) is 126 cm³/mol. The van der Waals surface area contributed by atoms with Gasteiger partial charge in [0.05, 0.1) is 18.6 Å². The van der Waals surface area contributed by atoms with E-state index in [9.17, 15) is 8.42 Å². The molecule has 0 radical (unpaired) electrons. The van der Waals surface area contributed by atoms with E-state index < -0.39 is 10.0 Å². The van der Waals surface area contributed by atoms with Gasteiger partial charge in [0.25, 0.3) is 0 Å². The average Bonchev–Trinajstić information content (AvgIpc) is 2.74. The van der Waals surface area contributed by atoms with E-state index in [1.165, 1.54) is 0 Å². The average molecular weight is 530 g/mol. The van der Waals surface area contributed by atoms with Gasteiger partial charge in [-0.15, -0.1) is 24.0 Å². The number of anilines is 1. The normalized spacial score (nSPS) is 15.4. The smallest absolute Gasteiger partial charge is 0.243 e. The van der Waals surface area contributed by atoms with Crippen LogP contribution in [0.5, 0.6) is 5.75 Å². The molecule has 0 bridgehead atoms. The molecule has 1 fully saturated rings. The number of hydrogen-bond donors (Lipinski definition) is 2. The van der Waals surface area contributed by atoms with E-state index in [0.717, 1.165) is 36.3 Å². The molecular weight excluding hydrogens is 503 g/mol. The van der Waals surface area contributed by atoms with E-state index in [2.05, 4.69) is 10.3 Å². The van der Waals surface area contributed by atoms with Crippen molar-refractivity contribution in [3.05, 3.63) is 54.1 Å². The van der Waals surface area contributed by atoms with Gasteiger partial charge in [0.1, 0.15) is 5.75 Å². The number of sulfonamides is 1. The first-order chi connectivity index (χ1) is 13.5. The molecule has 1 heterocycles. The highest BCUT2D eigenvalue weighted by Gasteiger charge is 2.25. The maximum atomic E-state index is 12.7. The lowest BCUT2D eigenvalue weighted by molar-refractivity contribution is 0.346. The van der Waals surface area contributed by atoms with Gasteiger partial charge in [-0.2, -0.15) is 4.31 Å². The van der Waals surface area contributed by atoms with Crippen molar-refractivity contribution in [3.63, 3.8) is 0 Å². The van der Waals surface area contributed by atoms with Gasteiger partial charge in [-0.25, -0.2) is 13.4 Å². The van der Waals surface area contributed by atoms with Crippen LogP contribution < -0.4 is 15.8 Å². The van der Waals surface area contributed by atoms with Crippen LogP contribution in [0.15, 0.2) is 58.4 Å². The number of benzene rings is 2. The van der Waals surface area contributed by atoms with Crippen molar-refractivity contribution in [1.29, 1.82) is 0 Å². The third-order valence-corrected chi connectivity index (χ3v) is 6.58. The van der Waals surface area contributed by atoms with Crippen molar-refractivity contribution >= 4 is 45.6 Å². The molecule has 0 unspecified atom stereocenters. The Morgan fingerprint density at radius 1 is 1.07 bits per heavy atom. The number of methoxy groups -OCH3 is 1. The first-order valence-electron chi connectivity index (χ1n) is 9.29. The predicted octanol–water partition coefficient (Wildman–Crippen LogP) is 3.41. The van der Waals surface area contributed by atoms with E-state index in [0.29, 0.717) is 24.5 Å². The van der Waals surface area contributed by atoms with Crippen molar-refractivity contribution in [2.24, 2.45) is 10.7 Å².